The van der Waals surface area contributed by atoms with Gasteiger partial charge in [-0.3, -0.25) is 0 Å². The van der Waals surface area contributed by atoms with Gasteiger partial charge in [0.1, 0.15) is 6.07 Å². The van der Waals surface area contributed by atoms with Gasteiger partial charge < -0.3 is 10.6 Å². The number of nitrogens with two attached hydrogens (primary N) is 1. The van der Waals surface area contributed by atoms with Crippen molar-refractivity contribution in [3.05, 3.63) is 58.1 Å². The van der Waals surface area contributed by atoms with E-state index in [9.17, 15) is 5.26 Å². The SMILES string of the molecule is C[C@@H](N)c1ccc(N(C)c2ccccc2C#N)cc1Br. The number of halogens is 1. The Morgan fingerprint density at radius 3 is 2.55 bits per heavy atom. The molecule has 0 spiro atoms. The molecule has 0 fully saturated rings. The fraction of sp³-hybridized carbons (Fsp3) is 0.188. The summed E-state index contributed by atoms with van der Waals surface area (Å²) < 4.78 is 0.978. The Morgan fingerprint density at radius 1 is 1.25 bits per heavy atom. The molecular weight excluding hydrogens is 314 g/mol. The third kappa shape index (κ3) is 2.84. The van der Waals surface area contributed by atoms with Crippen LogP contribution in [0.2, 0.25) is 0 Å². The van der Waals surface area contributed by atoms with Crippen molar-refractivity contribution in [1.82, 2.24) is 0 Å². The molecule has 2 rings (SSSR count). The molecule has 0 unspecified atom stereocenters. The molecule has 1 atom stereocenters. The molecule has 2 aromatic carbocycles. The molecule has 0 radical (unpaired) electrons. The monoisotopic (exact) mass is 329 g/mol. The minimum atomic E-state index is -0.0184. The van der Waals surface area contributed by atoms with Crippen molar-refractivity contribution >= 4 is 27.3 Å². The van der Waals surface area contributed by atoms with Gasteiger partial charge in [-0.2, -0.15) is 5.26 Å². The minimum Gasteiger partial charge on any atom is -0.344 e. The molecule has 102 valence electrons. The van der Waals surface area contributed by atoms with Crippen LogP contribution < -0.4 is 10.6 Å². The number of nitriles is 1. The smallest absolute Gasteiger partial charge is 0.101 e. The highest BCUT2D eigenvalue weighted by Crippen LogP contribution is 2.31. The molecule has 2 aromatic rings. The lowest BCUT2D eigenvalue weighted by molar-refractivity contribution is 0.813. The second-order valence-electron chi connectivity index (χ2n) is 4.68. The van der Waals surface area contributed by atoms with Gasteiger partial charge in [0.05, 0.1) is 11.3 Å². The third-order valence-electron chi connectivity index (χ3n) is 3.25. The highest BCUT2D eigenvalue weighted by atomic mass is 79.9. The Labute approximate surface area is 127 Å². The van der Waals surface area contributed by atoms with Crippen molar-refractivity contribution in [3.63, 3.8) is 0 Å². The molecule has 2 N–H and O–H groups in total. The quantitative estimate of drug-likeness (QED) is 0.921. The third-order valence-corrected chi connectivity index (χ3v) is 3.93. The van der Waals surface area contributed by atoms with E-state index in [0.717, 1.165) is 21.4 Å². The summed E-state index contributed by atoms with van der Waals surface area (Å²) in [6.07, 6.45) is 0. The van der Waals surface area contributed by atoms with E-state index in [1.54, 1.807) is 0 Å². The maximum atomic E-state index is 9.18. The Morgan fingerprint density at radius 2 is 1.95 bits per heavy atom. The highest BCUT2D eigenvalue weighted by Gasteiger charge is 2.11. The Bertz CT molecular complexity index is 659. The van der Waals surface area contributed by atoms with E-state index in [1.807, 2.05) is 61.3 Å². The largest absolute Gasteiger partial charge is 0.344 e. The van der Waals surface area contributed by atoms with Gasteiger partial charge in [-0.15, -0.1) is 0 Å². The highest BCUT2D eigenvalue weighted by molar-refractivity contribution is 9.10. The van der Waals surface area contributed by atoms with E-state index in [1.165, 1.54) is 0 Å². The van der Waals surface area contributed by atoms with Crippen LogP contribution in [0.15, 0.2) is 46.9 Å². The molecule has 0 amide bonds. The van der Waals surface area contributed by atoms with Crippen LogP contribution in [0, 0.1) is 11.3 Å². The van der Waals surface area contributed by atoms with Crippen LogP contribution in [0.3, 0.4) is 0 Å². The minimum absolute atomic E-state index is 0.0184. The first-order chi connectivity index (χ1) is 9.54. The summed E-state index contributed by atoms with van der Waals surface area (Å²) in [6.45, 7) is 1.95. The Hall–Kier alpha value is -1.83. The molecule has 0 bridgehead atoms. The first-order valence-electron chi connectivity index (χ1n) is 6.32. The van der Waals surface area contributed by atoms with E-state index in [4.69, 9.17) is 5.73 Å². The van der Waals surface area contributed by atoms with Crippen molar-refractivity contribution < 1.29 is 0 Å². The zero-order valence-corrected chi connectivity index (χ0v) is 13.1. The van der Waals surface area contributed by atoms with Crippen LogP contribution >= 0.6 is 15.9 Å². The maximum Gasteiger partial charge on any atom is 0.101 e. The number of anilines is 2. The van der Waals surface area contributed by atoms with Gasteiger partial charge in [0.2, 0.25) is 0 Å². The van der Waals surface area contributed by atoms with Crippen LogP contribution in [0.25, 0.3) is 0 Å². The Kier molecular flexibility index (Phi) is 4.43. The molecule has 0 aromatic heterocycles. The van der Waals surface area contributed by atoms with E-state index >= 15 is 0 Å². The van der Waals surface area contributed by atoms with Gasteiger partial charge in [-0.1, -0.05) is 34.1 Å². The molecular formula is C16H16BrN3. The zero-order valence-electron chi connectivity index (χ0n) is 11.5. The summed E-state index contributed by atoms with van der Waals surface area (Å²) in [7, 11) is 1.95. The van der Waals surface area contributed by atoms with Crippen LogP contribution in [0.5, 0.6) is 0 Å². The van der Waals surface area contributed by atoms with Gasteiger partial charge in [-0.05, 0) is 36.8 Å². The van der Waals surface area contributed by atoms with Crippen molar-refractivity contribution in [3.8, 4) is 6.07 Å². The summed E-state index contributed by atoms with van der Waals surface area (Å²) in [5, 5.41) is 9.18. The van der Waals surface area contributed by atoms with E-state index in [2.05, 4.69) is 22.0 Å². The number of hydrogen-bond acceptors (Lipinski definition) is 3. The van der Waals surface area contributed by atoms with Gasteiger partial charge in [0, 0.05) is 23.2 Å². The van der Waals surface area contributed by atoms with Crippen molar-refractivity contribution in [1.29, 1.82) is 5.26 Å². The average Bonchev–Trinajstić information content (AvgIpc) is 2.45. The van der Waals surface area contributed by atoms with E-state index in [-0.39, 0.29) is 6.04 Å². The lowest BCUT2D eigenvalue weighted by Crippen LogP contribution is -2.12. The van der Waals surface area contributed by atoms with Gasteiger partial charge in [-0.25, -0.2) is 0 Å². The van der Waals surface area contributed by atoms with Gasteiger partial charge in [0.25, 0.3) is 0 Å². The normalized spacial score (nSPS) is 11.8. The molecule has 0 heterocycles. The molecule has 3 nitrogen and oxygen atoms in total. The number of hydrogen-bond donors (Lipinski definition) is 1. The average molecular weight is 330 g/mol. The lowest BCUT2D eigenvalue weighted by atomic mass is 10.1. The number of para-hydroxylation sites is 1. The van der Waals surface area contributed by atoms with E-state index in [0.29, 0.717) is 5.56 Å². The summed E-state index contributed by atoms with van der Waals surface area (Å²) >= 11 is 3.55. The lowest BCUT2D eigenvalue weighted by Gasteiger charge is -2.22. The predicted molar refractivity (Wildman–Crippen MR) is 86.0 cm³/mol. The second kappa shape index (κ2) is 6.08. The van der Waals surface area contributed by atoms with E-state index < -0.39 is 0 Å². The van der Waals surface area contributed by atoms with Gasteiger partial charge >= 0.3 is 0 Å². The fourth-order valence-corrected chi connectivity index (χ4v) is 2.82. The molecule has 4 heteroatoms. The zero-order chi connectivity index (χ0) is 14.7. The second-order valence-corrected chi connectivity index (χ2v) is 5.54. The number of benzene rings is 2. The molecule has 0 saturated carbocycles. The fourth-order valence-electron chi connectivity index (χ4n) is 2.09. The summed E-state index contributed by atoms with van der Waals surface area (Å²) in [4.78, 5) is 1.99. The predicted octanol–water partition coefficient (Wildman–Crippen LogP) is 4.11. The molecule has 0 aliphatic carbocycles. The summed E-state index contributed by atoms with van der Waals surface area (Å²) in [5.74, 6) is 0. The Balaban J connectivity index is 2.42. The van der Waals surface area contributed by atoms with Gasteiger partial charge in [0.15, 0.2) is 0 Å². The summed E-state index contributed by atoms with van der Waals surface area (Å²) in [5.41, 5.74) is 9.52. The van der Waals surface area contributed by atoms with Crippen LogP contribution in [0.1, 0.15) is 24.1 Å². The summed E-state index contributed by atoms with van der Waals surface area (Å²) in [6, 6.07) is 15.8. The van der Waals surface area contributed by atoms with Crippen molar-refractivity contribution in [2.45, 2.75) is 13.0 Å². The first-order valence-corrected chi connectivity index (χ1v) is 7.11. The first kappa shape index (κ1) is 14.6. The molecule has 0 aliphatic heterocycles. The number of nitrogens with zero attached hydrogens (tertiary/aromatic N) is 2. The van der Waals surface area contributed by atoms with Crippen LogP contribution in [-0.2, 0) is 0 Å². The van der Waals surface area contributed by atoms with Crippen molar-refractivity contribution in [2.75, 3.05) is 11.9 Å². The molecule has 0 aliphatic rings. The van der Waals surface area contributed by atoms with Crippen LogP contribution in [0.4, 0.5) is 11.4 Å². The van der Waals surface area contributed by atoms with Crippen LogP contribution in [-0.4, -0.2) is 7.05 Å². The molecule has 0 saturated heterocycles. The topological polar surface area (TPSA) is 53.0 Å². The van der Waals surface area contributed by atoms with Crippen molar-refractivity contribution in [2.24, 2.45) is 5.73 Å². The maximum absolute atomic E-state index is 9.18. The molecule has 20 heavy (non-hydrogen) atoms. The number of rotatable bonds is 3. The standard InChI is InChI=1S/C16H16BrN3/c1-11(19)14-8-7-13(9-15(14)17)20(2)16-6-4-3-5-12(16)10-18/h3-9,11H,19H2,1-2H3/t11-/m1/s1.